The minimum atomic E-state index is -0.248. The third-order valence-electron chi connectivity index (χ3n) is 10.6. The summed E-state index contributed by atoms with van der Waals surface area (Å²) in [5.41, 5.74) is 5.72. The van der Waals surface area contributed by atoms with Gasteiger partial charge in [0.1, 0.15) is 0 Å². The van der Waals surface area contributed by atoms with Crippen LogP contribution in [0.25, 0.3) is 0 Å². The highest BCUT2D eigenvalue weighted by atomic mass is 30.1. The van der Waals surface area contributed by atoms with Crippen LogP contribution in [0.5, 0.6) is 0 Å². The molecule has 0 nitrogen and oxygen atoms in total. The minimum absolute atomic E-state index is 0.248. The summed E-state index contributed by atoms with van der Waals surface area (Å²) in [4.78, 5) is 0. The first-order valence-electron chi connectivity index (χ1n) is 13.9. The van der Waals surface area contributed by atoms with Crippen molar-refractivity contribution in [2.45, 2.75) is 151 Å². The molecule has 0 spiro atoms. The molecule has 0 aromatic carbocycles. The van der Waals surface area contributed by atoms with Gasteiger partial charge in [-0.15, -0.1) is 0 Å². The molecule has 0 unspecified atom stereocenters. The van der Waals surface area contributed by atoms with Crippen molar-refractivity contribution >= 4 is 31.3 Å². The molecule has 0 aromatic rings. The maximum atomic E-state index is 1.76. The van der Waals surface area contributed by atoms with Crippen molar-refractivity contribution in [1.29, 1.82) is 0 Å². The van der Waals surface area contributed by atoms with Crippen molar-refractivity contribution < 1.29 is 0 Å². The summed E-state index contributed by atoms with van der Waals surface area (Å²) in [6.07, 6.45) is 33.7. The summed E-state index contributed by atoms with van der Waals surface area (Å²) in [7, 11) is -0.991. The van der Waals surface area contributed by atoms with Crippen LogP contribution in [0.1, 0.15) is 128 Å². The summed E-state index contributed by atoms with van der Waals surface area (Å²) in [5.74, 6) is 0. The third-order valence-corrected chi connectivity index (χ3v) is 92.9. The molecule has 4 saturated carbocycles. The molecule has 0 atom stereocenters. The number of hydrogen-bond acceptors (Lipinski definition) is 0. The predicted octanol–water partition coefficient (Wildman–Crippen LogP) is 6.56. The molecule has 4 aliphatic carbocycles. The Bertz CT molecular complexity index is 377. The largest absolute Gasteiger partial charge is 0.0536 e. The Morgan fingerprint density at radius 3 is 0.607 bits per heavy atom. The molecule has 1 heterocycles. The van der Waals surface area contributed by atoms with Gasteiger partial charge in [-0.05, 0) is 0 Å². The maximum Gasteiger partial charge on any atom is 0.0187 e. The van der Waals surface area contributed by atoms with Crippen LogP contribution < -0.4 is 0 Å². The number of hydrogen-bond donors (Lipinski definition) is 0. The Morgan fingerprint density at radius 1 is 0.250 bits per heavy atom. The SMILES string of the molecule is C1CCC([SiH]2[SiH](C3CCCCC3)[SiH](C3CCCCC3)[SiH]2C2CCCCC2)CC1. The highest BCUT2D eigenvalue weighted by Crippen LogP contribution is 2.53. The van der Waals surface area contributed by atoms with Gasteiger partial charge in [0.25, 0.3) is 0 Å². The summed E-state index contributed by atoms with van der Waals surface area (Å²) >= 11 is 0. The molecular formula is C24H48Si4. The van der Waals surface area contributed by atoms with Crippen LogP contribution >= 0.6 is 0 Å². The lowest BCUT2D eigenvalue weighted by Gasteiger charge is -2.62. The van der Waals surface area contributed by atoms with E-state index >= 15 is 0 Å². The Balaban J connectivity index is 1.42. The highest BCUT2D eigenvalue weighted by molar-refractivity contribution is 7.96. The fraction of sp³-hybridized carbons (Fsp3) is 1.00. The Kier molecular flexibility index (Phi) is 7.41. The lowest BCUT2D eigenvalue weighted by atomic mass is 10.0. The smallest absolute Gasteiger partial charge is 0.0187 e. The second-order valence-electron chi connectivity index (χ2n) is 11.9. The minimum Gasteiger partial charge on any atom is -0.0536 e. The Hall–Kier alpha value is 0.868. The van der Waals surface area contributed by atoms with E-state index in [1.54, 1.807) is 128 Å². The van der Waals surface area contributed by atoms with E-state index < -0.39 is 0 Å². The second kappa shape index (κ2) is 9.99. The molecule has 5 rings (SSSR count). The van der Waals surface area contributed by atoms with Gasteiger partial charge in [-0.2, -0.15) is 0 Å². The van der Waals surface area contributed by atoms with Crippen molar-refractivity contribution in [2.75, 3.05) is 0 Å². The molecule has 5 aliphatic rings. The lowest BCUT2D eigenvalue weighted by Crippen LogP contribution is -2.82. The van der Waals surface area contributed by atoms with Crippen LogP contribution in [-0.4, -0.2) is 31.3 Å². The molecule has 28 heavy (non-hydrogen) atoms. The zero-order valence-electron chi connectivity index (χ0n) is 18.8. The van der Waals surface area contributed by atoms with E-state index in [1.165, 1.54) is 22.2 Å². The van der Waals surface area contributed by atoms with Gasteiger partial charge in [-0.25, -0.2) is 0 Å². The Labute approximate surface area is 181 Å². The van der Waals surface area contributed by atoms with Gasteiger partial charge in [0, 0.05) is 31.3 Å². The van der Waals surface area contributed by atoms with E-state index in [0.717, 1.165) is 0 Å². The van der Waals surface area contributed by atoms with Gasteiger partial charge in [-0.1, -0.05) is 151 Å². The summed E-state index contributed by atoms with van der Waals surface area (Å²) < 4.78 is 0. The first-order valence-corrected chi connectivity index (χ1v) is 27.3. The molecule has 1 aliphatic heterocycles. The first kappa shape index (κ1) is 20.8. The van der Waals surface area contributed by atoms with Crippen LogP contribution in [0.15, 0.2) is 0 Å². The van der Waals surface area contributed by atoms with Crippen molar-refractivity contribution in [3.63, 3.8) is 0 Å². The predicted molar refractivity (Wildman–Crippen MR) is 136 cm³/mol. The molecular weight excluding hydrogens is 401 g/mol. The molecule has 5 fully saturated rings. The summed E-state index contributed by atoms with van der Waals surface area (Å²) in [6.45, 7) is 0. The van der Waals surface area contributed by atoms with Crippen molar-refractivity contribution in [3.8, 4) is 0 Å². The fourth-order valence-electron chi connectivity index (χ4n) is 9.47. The standard InChI is InChI=1S/C24H48Si4/c1-5-13-21(14-6-1)25-26(22-15-7-2-8-16-22)28(24-19-11-4-12-20-24)27(25)23-17-9-3-10-18-23/h21-28H,1-20H2. The Morgan fingerprint density at radius 2 is 0.429 bits per heavy atom. The lowest BCUT2D eigenvalue weighted by molar-refractivity contribution is 0.484. The van der Waals surface area contributed by atoms with E-state index in [4.69, 9.17) is 0 Å². The topological polar surface area (TPSA) is 0 Å². The molecule has 0 radical (unpaired) electrons. The van der Waals surface area contributed by atoms with E-state index in [1.807, 2.05) is 0 Å². The van der Waals surface area contributed by atoms with Crippen molar-refractivity contribution in [2.24, 2.45) is 0 Å². The van der Waals surface area contributed by atoms with Crippen LogP contribution in [-0.2, 0) is 0 Å². The van der Waals surface area contributed by atoms with Crippen molar-refractivity contribution in [3.05, 3.63) is 0 Å². The molecule has 160 valence electrons. The average Bonchev–Trinajstić information content (AvgIpc) is 2.76. The molecule has 4 heteroatoms. The third kappa shape index (κ3) is 4.27. The highest BCUT2D eigenvalue weighted by Gasteiger charge is 2.61. The van der Waals surface area contributed by atoms with Gasteiger partial charge in [0.05, 0.1) is 0 Å². The quantitative estimate of drug-likeness (QED) is 0.427. The normalized spacial score (nSPS) is 40.3. The van der Waals surface area contributed by atoms with Crippen LogP contribution in [0.2, 0.25) is 22.2 Å². The van der Waals surface area contributed by atoms with E-state index in [0.29, 0.717) is 0 Å². The zero-order chi connectivity index (χ0) is 18.8. The molecule has 0 amide bonds. The molecule has 0 aromatic heterocycles. The monoisotopic (exact) mass is 448 g/mol. The second-order valence-corrected chi connectivity index (χ2v) is 48.0. The average molecular weight is 449 g/mol. The van der Waals surface area contributed by atoms with Crippen LogP contribution in [0, 0.1) is 0 Å². The summed E-state index contributed by atoms with van der Waals surface area (Å²) in [5, 5.41) is 0. The van der Waals surface area contributed by atoms with Gasteiger partial charge in [-0.3, -0.25) is 0 Å². The van der Waals surface area contributed by atoms with Crippen LogP contribution in [0.4, 0.5) is 0 Å². The molecule has 1 saturated heterocycles. The van der Waals surface area contributed by atoms with E-state index in [-0.39, 0.29) is 31.3 Å². The maximum absolute atomic E-state index is 1.76. The van der Waals surface area contributed by atoms with Gasteiger partial charge >= 0.3 is 0 Å². The van der Waals surface area contributed by atoms with Crippen LogP contribution in [0.3, 0.4) is 0 Å². The number of rotatable bonds is 4. The van der Waals surface area contributed by atoms with E-state index in [9.17, 15) is 0 Å². The first-order chi connectivity index (χ1) is 13.9. The fourth-order valence-corrected chi connectivity index (χ4v) is 123. The van der Waals surface area contributed by atoms with Gasteiger partial charge in [0.15, 0.2) is 0 Å². The van der Waals surface area contributed by atoms with Gasteiger partial charge < -0.3 is 0 Å². The van der Waals surface area contributed by atoms with E-state index in [2.05, 4.69) is 0 Å². The molecule has 0 N–H and O–H groups in total. The van der Waals surface area contributed by atoms with Crippen molar-refractivity contribution in [1.82, 2.24) is 0 Å². The molecule has 0 bridgehead atoms. The summed E-state index contributed by atoms with van der Waals surface area (Å²) in [6, 6.07) is 0. The zero-order valence-corrected chi connectivity index (χ0v) is 23.4. The van der Waals surface area contributed by atoms with Gasteiger partial charge in [0.2, 0.25) is 0 Å².